The molecule has 0 aromatic rings. The molecule has 0 saturated heterocycles. The maximum atomic E-state index is 11.6. The number of carbonyl (C=O) groups is 4. The summed E-state index contributed by atoms with van der Waals surface area (Å²) < 4.78 is 0. The molecule has 0 bridgehead atoms. The predicted octanol–water partition coefficient (Wildman–Crippen LogP) is -2.84. The molecular weight excluding hydrogens is 256 g/mol. The van der Waals surface area contributed by atoms with Crippen molar-refractivity contribution in [3.05, 3.63) is 0 Å². The normalized spacial score (nSPS) is 13.0. The summed E-state index contributed by atoms with van der Waals surface area (Å²) in [6, 6.07) is -1.75. The predicted molar refractivity (Wildman–Crippen MR) is 64.9 cm³/mol. The second kappa shape index (κ2) is 8.03. The molecule has 2 atom stereocenters. The van der Waals surface area contributed by atoms with Crippen molar-refractivity contribution in [2.45, 2.75) is 25.9 Å². The van der Waals surface area contributed by atoms with Crippen molar-refractivity contribution in [2.75, 3.05) is 13.1 Å². The highest BCUT2D eigenvalue weighted by molar-refractivity contribution is 5.92. The first-order valence-corrected chi connectivity index (χ1v) is 5.57. The average Bonchev–Trinajstić information content (AvgIpc) is 2.35. The fraction of sp³-hybridized carbons (Fsp3) is 0.600. The van der Waals surface area contributed by atoms with Gasteiger partial charge in [0.2, 0.25) is 17.7 Å². The Bertz CT molecular complexity index is 371. The molecule has 9 heteroatoms. The summed E-state index contributed by atoms with van der Waals surface area (Å²) in [5.74, 6) is -2.88. The van der Waals surface area contributed by atoms with Gasteiger partial charge < -0.3 is 26.8 Å². The number of carbonyl (C=O) groups excluding carboxylic acids is 3. The number of rotatable bonds is 7. The lowest BCUT2D eigenvalue weighted by Gasteiger charge is -2.17. The second-order valence-electron chi connectivity index (χ2n) is 3.84. The Labute approximate surface area is 109 Å². The van der Waals surface area contributed by atoms with Crippen LogP contribution in [0.2, 0.25) is 0 Å². The topological polar surface area (TPSA) is 151 Å². The summed E-state index contributed by atoms with van der Waals surface area (Å²) in [6.07, 6.45) is 0. The molecule has 0 aliphatic heterocycles. The number of carboxylic acids is 1. The van der Waals surface area contributed by atoms with Crippen LogP contribution >= 0.6 is 0 Å². The minimum Gasteiger partial charge on any atom is -0.480 e. The summed E-state index contributed by atoms with van der Waals surface area (Å²) in [5, 5.41) is 15.2. The summed E-state index contributed by atoms with van der Waals surface area (Å²) >= 11 is 0. The van der Waals surface area contributed by atoms with Gasteiger partial charge in [0.05, 0.1) is 6.54 Å². The molecule has 0 aromatic heterocycles. The van der Waals surface area contributed by atoms with E-state index in [1.165, 1.54) is 13.8 Å². The minimum atomic E-state index is -1.18. The van der Waals surface area contributed by atoms with Gasteiger partial charge in [-0.1, -0.05) is 0 Å². The van der Waals surface area contributed by atoms with Crippen molar-refractivity contribution in [1.29, 1.82) is 0 Å². The van der Waals surface area contributed by atoms with Gasteiger partial charge in [0.1, 0.15) is 18.6 Å². The van der Waals surface area contributed by atoms with E-state index in [4.69, 9.17) is 10.8 Å². The largest absolute Gasteiger partial charge is 0.480 e. The zero-order valence-electron chi connectivity index (χ0n) is 10.7. The second-order valence-corrected chi connectivity index (χ2v) is 3.84. The molecular formula is C10H18N4O5. The molecule has 0 spiro atoms. The maximum Gasteiger partial charge on any atom is 0.322 e. The van der Waals surface area contributed by atoms with Crippen LogP contribution in [0.5, 0.6) is 0 Å². The van der Waals surface area contributed by atoms with Crippen molar-refractivity contribution < 1.29 is 24.3 Å². The van der Waals surface area contributed by atoms with Crippen LogP contribution in [-0.2, 0) is 19.2 Å². The van der Waals surface area contributed by atoms with Crippen LogP contribution in [0.15, 0.2) is 0 Å². The van der Waals surface area contributed by atoms with Crippen LogP contribution in [0.4, 0.5) is 0 Å². The van der Waals surface area contributed by atoms with Crippen molar-refractivity contribution in [2.24, 2.45) is 5.73 Å². The number of aliphatic carboxylic acids is 1. The van der Waals surface area contributed by atoms with Gasteiger partial charge >= 0.3 is 5.97 Å². The zero-order valence-corrected chi connectivity index (χ0v) is 10.7. The number of amides is 3. The van der Waals surface area contributed by atoms with Crippen LogP contribution < -0.4 is 21.7 Å². The average molecular weight is 274 g/mol. The molecule has 0 heterocycles. The smallest absolute Gasteiger partial charge is 0.322 e. The van der Waals surface area contributed by atoms with Crippen LogP contribution in [-0.4, -0.2) is 54.0 Å². The molecule has 9 nitrogen and oxygen atoms in total. The van der Waals surface area contributed by atoms with Gasteiger partial charge in [-0.05, 0) is 13.8 Å². The van der Waals surface area contributed by atoms with E-state index in [1.54, 1.807) is 0 Å². The monoisotopic (exact) mass is 274 g/mol. The molecule has 0 fully saturated rings. The molecule has 3 amide bonds. The first-order valence-electron chi connectivity index (χ1n) is 5.57. The quantitative estimate of drug-likeness (QED) is 0.337. The Hall–Kier alpha value is -2.16. The SMILES string of the molecule is CC(NC(=O)CN)C(=O)NC(C)C(=O)NCC(=O)O. The number of hydrogen-bond donors (Lipinski definition) is 5. The van der Waals surface area contributed by atoms with E-state index in [1.807, 2.05) is 0 Å². The summed E-state index contributed by atoms with van der Waals surface area (Å²) in [7, 11) is 0. The van der Waals surface area contributed by atoms with Gasteiger partial charge in [-0.2, -0.15) is 0 Å². The van der Waals surface area contributed by atoms with Crippen LogP contribution in [0.3, 0.4) is 0 Å². The van der Waals surface area contributed by atoms with E-state index in [0.29, 0.717) is 0 Å². The highest BCUT2D eigenvalue weighted by Crippen LogP contribution is 1.87. The van der Waals surface area contributed by atoms with Crippen molar-refractivity contribution in [1.82, 2.24) is 16.0 Å². The molecule has 0 radical (unpaired) electrons. The summed E-state index contributed by atoms with van der Waals surface area (Å²) in [4.78, 5) is 44.2. The molecule has 108 valence electrons. The molecule has 2 unspecified atom stereocenters. The van der Waals surface area contributed by atoms with Crippen LogP contribution in [0.1, 0.15) is 13.8 Å². The van der Waals surface area contributed by atoms with Crippen LogP contribution in [0.25, 0.3) is 0 Å². The molecule has 0 rings (SSSR count). The molecule has 19 heavy (non-hydrogen) atoms. The first kappa shape index (κ1) is 16.8. The van der Waals surface area contributed by atoms with Gasteiger partial charge in [-0.25, -0.2) is 0 Å². The van der Waals surface area contributed by atoms with Gasteiger partial charge in [0, 0.05) is 0 Å². The van der Waals surface area contributed by atoms with E-state index in [0.717, 1.165) is 0 Å². The summed E-state index contributed by atoms with van der Waals surface area (Å²) in [5.41, 5.74) is 5.07. The lowest BCUT2D eigenvalue weighted by atomic mass is 10.2. The number of nitrogens with two attached hydrogens (primary N) is 1. The van der Waals surface area contributed by atoms with E-state index >= 15 is 0 Å². The van der Waals surface area contributed by atoms with E-state index in [9.17, 15) is 19.2 Å². The Morgan fingerprint density at radius 2 is 1.58 bits per heavy atom. The molecule has 0 saturated carbocycles. The third kappa shape index (κ3) is 6.99. The molecule has 0 aliphatic rings. The fourth-order valence-corrected chi connectivity index (χ4v) is 1.09. The van der Waals surface area contributed by atoms with Gasteiger partial charge in [-0.3, -0.25) is 19.2 Å². The number of carboxylic acid groups (broad SMARTS) is 1. The highest BCUT2D eigenvalue weighted by Gasteiger charge is 2.20. The Balaban J connectivity index is 4.20. The number of nitrogens with one attached hydrogen (secondary N) is 3. The third-order valence-electron chi connectivity index (χ3n) is 2.12. The standard InChI is InChI=1S/C10H18N4O5/c1-5(9(18)12-4-8(16)17)14-10(19)6(2)13-7(15)3-11/h5-6H,3-4,11H2,1-2H3,(H,12,18)(H,13,15)(H,14,19)(H,16,17). The summed E-state index contributed by atoms with van der Waals surface area (Å²) in [6.45, 7) is 2.06. The highest BCUT2D eigenvalue weighted by atomic mass is 16.4. The fourth-order valence-electron chi connectivity index (χ4n) is 1.09. The third-order valence-corrected chi connectivity index (χ3v) is 2.12. The molecule has 0 aromatic carbocycles. The van der Waals surface area contributed by atoms with Gasteiger partial charge in [-0.15, -0.1) is 0 Å². The van der Waals surface area contributed by atoms with E-state index < -0.39 is 42.3 Å². The van der Waals surface area contributed by atoms with Crippen molar-refractivity contribution >= 4 is 23.7 Å². The maximum absolute atomic E-state index is 11.6. The Morgan fingerprint density at radius 1 is 1.05 bits per heavy atom. The van der Waals surface area contributed by atoms with Crippen LogP contribution in [0, 0.1) is 0 Å². The number of hydrogen-bond acceptors (Lipinski definition) is 5. The van der Waals surface area contributed by atoms with Crippen molar-refractivity contribution in [3.8, 4) is 0 Å². The van der Waals surface area contributed by atoms with E-state index in [2.05, 4.69) is 16.0 Å². The molecule has 0 aliphatic carbocycles. The van der Waals surface area contributed by atoms with E-state index in [-0.39, 0.29) is 6.54 Å². The minimum absolute atomic E-state index is 0.244. The Morgan fingerprint density at radius 3 is 2.05 bits per heavy atom. The van der Waals surface area contributed by atoms with Gasteiger partial charge in [0.15, 0.2) is 0 Å². The van der Waals surface area contributed by atoms with Crippen molar-refractivity contribution in [3.63, 3.8) is 0 Å². The lowest BCUT2D eigenvalue weighted by Crippen LogP contribution is -2.52. The zero-order chi connectivity index (χ0) is 15.0. The molecule has 6 N–H and O–H groups in total. The lowest BCUT2D eigenvalue weighted by molar-refractivity contribution is -0.138. The van der Waals surface area contributed by atoms with Gasteiger partial charge in [0.25, 0.3) is 0 Å². The first-order chi connectivity index (χ1) is 8.77. The Kier molecular flexibility index (Phi) is 7.12.